The summed E-state index contributed by atoms with van der Waals surface area (Å²) in [5.74, 6) is -0.544. The van der Waals surface area contributed by atoms with Crippen molar-refractivity contribution in [2.75, 3.05) is 7.11 Å². The fraction of sp³-hybridized carbons (Fsp3) is 0.368. The molecule has 0 saturated carbocycles. The van der Waals surface area contributed by atoms with Gasteiger partial charge in [-0.1, -0.05) is 23.7 Å². The summed E-state index contributed by atoms with van der Waals surface area (Å²) in [6.07, 6.45) is 0. The van der Waals surface area contributed by atoms with Gasteiger partial charge >= 0.3 is 5.97 Å². The van der Waals surface area contributed by atoms with Gasteiger partial charge in [-0.2, -0.15) is 0 Å². The Balaban J connectivity index is 2.17. The third-order valence-electron chi connectivity index (χ3n) is 4.34. The van der Waals surface area contributed by atoms with Gasteiger partial charge in [-0.05, 0) is 51.0 Å². The molecule has 5 nitrogen and oxygen atoms in total. The molecular weight excluding hydrogens is 340 g/mol. The second-order valence-corrected chi connectivity index (χ2v) is 6.58. The number of aryl methyl sites for hydroxylation is 1. The number of aromatic amines is 1. The van der Waals surface area contributed by atoms with Crippen molar-refractivity contribution in [3.05, 3.63) is 57.4 Å². The lowest BCUT2D eigenvalue weighted by molar-refractivity contribution is 0.0599. The molecule has 134 valence electrons. The van der Waals surface area contributed by atoms with Crippen LogP contribution in [-0.4, -0.2) is 29.9 Å². The van der Waals surface area contributed by atoms with Crippen LogP contribution in [-0.2, 0) is 4.74 Å². The summed E-state index contributed by atoms with van der Waals surface area (Å²) in [5.41, 5.74) is 3.14. The summed E-state index contributed by atoms with van der Waals surface area (Å²) in [6, 6.07) is 7.05. The van der Waals surface area contributed by atoms with Crippen LogP contribution in [0.4, 0.5) is 0 Å². The normalized spacial score (nSPS) is 13.4. The zero-order chi connectivity index (χ0) is 18.7. The van der Waals surface area contributed by atoms with Crippen LogP contribution < -0.4 is 5.32 Å². The van der Waals surface area contributed by atoms with E-state index in [1.807, 2.05) is 38.1 Å². The van der Waals surface area contributed by atoms with Gasteiger partial charge in [-0.15, -0.1) is 0 Å². The van der Waals surface area contributed by atoms with Crippen molar-refractivity contribution in [3.63, 3.8) is 0 Å². The molecule has 0 aliphatic carbocycles. The number of methoxy groups -OCH3 is 1. The lowest BCUT2D eigenvalue weighted by atomic mass is 10.0. The number of esters is 1. The van der Waals surface area contributed by atoms with Gasteiger partial charge in [0.05, 0.1) is 24.4 Å². The molecule has 0 fully saturated rings. The van der Waals surface area contributed by atoms with E-state index in [2.05, 4.69) is 10.3 Å². The Bertz CT molecular complexity index is 781. The molecule has 0 aliphatic heterocycles. The predicted octanol–water partition coefficient (Wildman–Crippen LogP) is 3.99. The number of ketones is 1. The summed E-state index contributed by atoms with van der Waals surface area (Å²) in [7, 11) is 1.33. The zero-order valence-electron chi connectivity index (χ0n) is 15.1. The van der Waals surface area contributed by atoms with Gasteiger partial charge < -0.3 is 15.0 Å². The van der Waals surface area contributed by atoms with E-state index in [9.17, 15) is 9.59 Å². The van der Waals surface area contributed by atoms with Crippen molar-refractivity contribution in [2.45, 2.75) is 39.8 Å². The molecule has 0 radical (unpaired) electrons. The standard InChI is InChI=1S/C19H23ClN2O3/c1-10-16(19(24)25-5)12(3)22-17(10)18(23)13(4)21-11(2)14-6-8-15(20)9-7-14/h6-9,11,13,21-22H,1-5H3/t11-,13+/m0/s1. The SMILES string of the molecule is COC(=O)c1c(C)[nH]c(C(=O)[C@@H](C)N[C@@H](C)c2ccc(Cl)cc2)c1C. The number of Topliss-reactive ketones (excluding diaryl/α,β-unsaturated/α-hetero) is 1. The summed E-state index contributed by atoms with van der Waals surface area (Å²) in [6.45, 7) is 7.30. The van der Waals surface area contributed by atoms with E-state index in [0.717, 1.165) is 5.56 Å². The lowest BCUT2D eigenvalue weighted by Crippen LogP contribution is -2.36. The molecule has 0 spiro atoms. The van der Waals surface area contributed by atoms with Crippen molar-refractivity contribution < 1.29 is 14.3 Å². The largest absolute Gasteiger partial charge is 0.465 e. The second kappa shape index (κ2) is 7.85. The average molecular weight is 363 g/mol. The maximum Gasteiger partial charge on any atom is 0.339 e. The first-order valence-corrected chi connectivity index (χ1v) is 8.47. The predicted molar refractivity (Wildman–Crippen MR) is 98.4 cm³/mol. The molecule has 0 amide bonds. The first-order chi connectivity index (χ1) is 11.8. The van der Waals surface area contributed by atoms with Gasteiger partial charge in [0.2, 0.25) is 0 Å². The van der Waals surface area contributed by atoms with Crippen molar-refractivity contribution in [1.82, 2.24) is 10.3 Å². The minimum atomic E-state index is -0.444. The summed E-state index contributed by atoms with van der Waals surface area (Å²) in [5, 5.41) is 3.96. The molecular formula is C19H23ClN2O3. The molecule has 1 heterocycles. The van der Waals surface area contributed by atoms with Gasteiger partial charge in [-0.25, -0.2) is 4.79 Å². The van der Waals surface area contributed by atoms with E-state index < -0.39 is 12.0 Å². The molecule has 0 aliphatic rings. The number of ether oxygens (including phenoxy) is 1. The van der Waals surface area contributed by atoms with Crippen LogP contribution in [0.3, 0.4) is 0 Å². The number of H-pyrrole nitrogens is 1. The monoisotopic (exact) mass is 362 g/mol. The Morgan fingerprint density at radius 2 is 1.76 bits per heavy atom. The molecule has 1 aromatic carbocycles. The molecule has 2 atom stereocenters. The van der Waals surface area contributed by atoms with Crippen LogP contribution in [0.2, 0.25) is 5.02 Å². The Morgan fingerprint density at radius 1 is 1.16 bits per heavy atom. The Kier molecular flexibility index (Phi) is 6.03. The lowest BCUT2D eigenvalue weighted by Gasteiger charge is -2.19. The van der Waals surface area contributed by atoms with Crippen LogP contribution in [0.25, 0.3) is 0 Å². The van der Waals surface area contributed by atoms with Crippen molar-refractivity contribution in [3.8, 4) is 0 Å². The van der Waals surface area contributed by atoms with Crippen LogP contribution in [0, 0.1) is 13.8 Å². The van der Waals surface area contributed by atoms with Crippen LogP contribution in [0.15, 0.2) is 24.3 Å². The minimum Gasteiger partial charge on any atom is -0.465 e. The number of nitrogens with one attached hydrogen (secondary N) is 2. The van der Waals surface area contributed by atoms with Crippen molar-refractivity contribution in [2.24, 2.45) is 0 Å². The first-order valence-electron chi connectivity index (χ1n) is 8.09. The highest BCUT2D eigenvalue weighted by Gasteiger charge is 2.26. The fourth-order valence-corrected chi connectivity index (χ4v) is 3.05. The van der Waals surface area contributed by atoms with Gasteiger partial charge in [0.1, 0.15) is 0 Å². The van der Waals surface area contributed by atoms with E-state index in [0.29, 0.717) is 27.5 Å². The zero-order valence-corrected chi connectivity index (χ0v) is 15.8. The van der Waals surface area contributed by atoms with E-state index in [1.165, 1.54) is 7.11 Å². The van der Waals surface area contributed by atoms with E-state index in [-0.39, 0.29) is 11.8 Å². The average Bonchev–Trinajstić information content (AvgIpc) is 2.88. The number of aromatic nitrogens is 1. The molecule has 1 aromatic heterocycles. The highest BCUT2D eigenvalue weighted by molar-refractivity contribution is 6.30. The number of benzene rings is 1. The van der Waals surface area contributed by atoms with E-state index in [1.54, 1.807) is 13.8 Å². The summed E-state index contributed by atoms with van der Waals surface area (Å²) < 4.78 is 4.79. The molecule has 0 saturated heterocycles. The molecule has 6 heteroatoms. The fourth-order valence-electron chi connectivity index (χ4n) is 2.92. The highest BCUT2D eigenvalue weighted by Crippen LogP contribution is 2.21. The Morgan fingerprint density at radius 3 is 2.32 bits per heavy atom. The topological polar surface area (TPSA) is 71.2 Å². The maximum absolute atomic E-state index is 12.8. The molecule has 25 heavy (non-hydrogen) atoms. The Labute approximate surface area is 152 Å². The van der Waals surface area contributed by atoms with Crippen molar-refractivity contribution in [1.29, 1.82) is 0 Å². The highest BCUT2D eigenvalue weighted by atomic mass is 35.5. The number of halogens is 1. The van der Waals surface area contributed by atoms with Gasteiger partial charge in [-0.3, -0.25) is 4.79 Å². The van der Waals surface area contributed by atoms with Crippen LogP contribution in [0.1, 0.15) is 57.6 Å². The molecule has 2 aromatic rings. The van der Waals surface area contributed by atoms with Gasteiger partial charge in [0.15, 0.2) is 5.78 Å². The summed E-state index contributed by atoms with van der Waals surface area (Å²) >= 11 is 5.91. The molecule has 0 bridgehead atoms. The molecule has 0 unspecified atom stereocenters. The quantitative estimate of drug-likeness (QED) is 0.602. The third-order valence-corrected chi connectivity index (χ3v) is 4.59. The maximum atomic E-state index is 12.8. The summed E-state index contributed by atoms with van der Waals surface area (Å²) in [4.78, 5) is 27.7. The van der Waals surface area contributed by atoms with Crippen molar-refractivity contribution >= 4 is 23.4 Å². The third kappa shape index (κ3) is 4.11. The Hall–Kier alpha value is -2.11. The number of carbonyl (C=O) groups excluding carboxylic acids is 2. The minimum absolute atomic E-state index is 0.0207. The second-order valence-electron chi connectivity index (χ2n) is 6.14. The van der Waals surface area contributed by atoms with Gasteiger partial charge in [0.25, 0.3) is 0 Å². The molecule has 2 rings (SSSR count). The van der Waals surface area contributed by atoms with E-state index >= 15 is 0 Å². The number of carbonyl (C=O) groups is 2. The van der Waals surface area contributed by atoms with Crippen LogP contribution in [0.5, 0.6) is 0 Å². The molecule has 2 N–H and O–H groups in total. The first kappa shape index (κ1) is 19.2. The number of rotatable bonds is 6. The number of hydrogen-bond donors (Lipinski definition) is 2. The van der Waals surface area contributed by atoms with Crippen LogP contribution >= 0.6 is 11.6 Å². The van der Waals surface area contributed by atoms with E-state index in [4.69, 9.17) is 16.3 Å². The van der Waals surface area contributed by atoms with Gasteiger partial charge in [0, 0.05) is 16.8 Å². The smallest absolute Gasteiger partial charge is 0.339 e. The number of hydrogen-bond acceptors (Lipinski definition) is 4.